The third-order valence-corrected chi connectivity index (χ3v) is 3.88. The lowest BCUT2D eigenvalue weighted by molar-refractivity contribution is 0.0319. The van der Waals surface area contributed by atoms with Crippen LogP contribution >= 0.6 is 11.6 Å². The highest BCUT2D eigenvalue weighted by molar-refractivity contribution is 6.33. The van der Waals surface area contributed by atoms with Gasteiger partial charge in [0.1, 0.15) is 0 Å². The molecule has 2 aromatic carbocycles. The number of hydrogen-bond donors (Lipinski definition) is 1. The minimum atomic E-state index is -0.883. The monoisotopic (exact) mass is 331 g/mol. The topological polar surface area (TPSA) is 69.4 Å². The van der Waals surface area contributed by atoms with Gasteiger partial charge in [-0.2, -0.15) is 0 Å². The van der Waals surface area contributed by atoms with Gasteiger partial charge in [0, 0.05) is 5.56 Å². The van der Waals surface area contributed by atoms with E-state index in [0.717, 1.165) is 12.0 Å². The van der Waals surface area contributed by atoms with Crippen LogP contribution in [0.1, 0.15) is 40.1 Å². The van der Waals surface area contributed by atoms with Crippen LogP contribution in [0.3, 0.4) is 0 Å². The Bertz CT molecular complexity index is 726. The van der Waals surface area contributed by atoms with E-state index < -0.39 is 12.1 Å². The van der Waals surface area contributed by atoms with Crippen LogP contribution < -0.4 is 5.73 Å². The van der Waals surface area contributed by atoms with E-state index in [9.17, 15) is 9.59 Å². The van der Waals surface area contributed by atoms with E-state index >= 15 is 0 Å². The van der Waals surface area contributed by atoms with Crippen LogP contribution in [-0.4, -0.2) is 17.9 Å². The van der Waals surface area contributed by atoms with E-state index in [2.05, 4.69) is 0 Å². The summed E-state index contributed by atoms with van der Waals surface area (Å²) in [5, 5.41) is 0.363. The molecular weight excluding hydrogens is 314 g/mol. The van der Waals surface area contributed by atoms with Crippen LogP contribution in [0, 0.1) is 0 Å². The Hall–Kier alpha value is -2.33. The van der Waals surface area contributed by atoms with Crippen molar-refractivity contribution in [2.24, 2.45) is 0 Å². The molecule has 0 fully saturated rings. The lowest BCUT2D eigenvalue weighted by Crippen LogP contribution is -2.24. The van der Waals surface area contributed by atoms with Crippen molar-refractivity contribution in [2.75, 3.05) is 5.73 Å². The van der Waals surface area contributed by atoms with Crippen molar-refractivity contribution in [3.8, 4) is 0 Å². The number of esters is 1. The van der Waals surface area contributed by atoms with Crippen molar-refractivity contribution in [2.45, 2.75) is 26.4 Å². The third-order valence-electron chi connectivity index (χ3n) is 3.53. The normalized spacial score (nSPS) is 11.8. The second kappa shape index (κ2) is 7.29. The summed E-state index contributed by atoms with van der Waals surface area (Å²) < 4.78 is 5.22. The van der Waals surface area contributed by atoms with E-state index in [1.54, 1.807) is 19.1 Å². The maximum Gasteiger partial charge on any atom is 0.338 e. The molecule has 0 amide bonds. The highest BCUT2D eigenvalue weighted by Gasteiger charge is 2.20. The number of ketones is 1. The lowest BCUT2D eigenvalue weighted by atomic mass is 10.0. The van der Waals surface area contributed by atoms with Gasteiger partial charge >= 0.3 is 5.97 Å². The minimum Gasteiger partial charge on any atom is -0.451 e. The fraction of sp³-hybridized carbons (Fsp3) is 0.222. The highest BCUT2D eigenvalue weighted by Crippen LogP contribution is 2.20. The number of anilines is 1. The molecule has 4 nitrogen and oxygen atoms in total. The van der Waals surface area contributed by atoms with Gasteiger partial charge in [-0.05, 0) is 37.1 Å². The molecule has 0 saturated carbocycles. The summed E-state index contributed by atoms with van der Waals surface area (Å²) in [5.74, 6) is -0.859. The molecule has 0 unspecified atom stereocenters. The molecule has 2 aromatic rings. The van der Waals surface area contributed by atoms with E-state index in [-0.39, 0.29) is 17.0 Å². The number of halogens is 1. The second-order valence-electron chi connectivity index (χ2n) is 5.20. The van der Waals surface area contributed by atoms with Gasteiger partial charge in [0.15, 0.2) is 6.10 Å². The van der Waals surface area contributed by atoms with Crippen molar-refractivity contribution < 1.29 is 14.3 Å². The molecule has 2 rings (SSSR count). The lowest BCUT2D eigenvalue weighted by Gasteiger charge is -2.13. The number of Topliss-reactive ketones (excluding diaryl/α,β-unsaturated/α-hetero) is 1. The van der Waals surface area contributed by atoms with E-state index in [1.807, 2.05) is 19.1 Å². The van der Waals surface area contributed by atoms with Gasteiger partial charge in [-0.3, -0.25) is 4.79 Å². The van der Waals surface area contributed by atoms with Gasteiger partial charge in [0.2, 0.25) is 5.78 Å². The first-order chi connectivity index (χ1) is 10.9. The molecule has 0 saturated heterocycles. The fourth-order valence-electron chi connectivity index (χ4n) is 2.09. The molecule has 0 heterocycles. The standard InChI is InChI=1S/C18H18ClNO3/c1-3-12-4-6-13(7-5-12)17(21)11(2)23-18(22)14-8-9-15(19)16(20)10-14/h4-11H,3,20H2,1-2H3/t11-/m0/s1. The number of carbonyl (C=O) groups excluding carboxylic acids is 2. The summed E-state index contributed by atoms with van der Waals surface area (Å²) in [6.07, 6.45) is 0.0173. The van der Waals surface area contributed by atoms with Crippen LogP contribution in [0.4, 0.5) is 5.69 Å². The predicted octanol–water partition coefficient (Wildman–Crippen LogP) is 3.91. The van der Waals surface area contributed by atoms with Crippen LogP contribution in [-0.2, 0) is 11.2 Å². The van der Waals surface area contributed by atoms with E-state index in [4.69, 9.17) is 22.1 Å². The zero-order valence-corrected chi connectivity index (χ0v) is 13.8. The van der Waals surface area contributed by atoms with E-state index in [1.165, 1.54) is 18.2 Å². The molecule has 1 atom stereocenters. The first-order valence-electron chi connectivity index (χ1n) is 7.31. The Balaban J connectivity index is 2.07. The highest BCUT2D eigenvalue weighted by atomic mass is 35.5. The first-order valence-corrected chi connectivity index (χ1v) is 7.69. The molecule has 0 radical (unpaired) electrons. The number of aryl methyl sites for hydroxylation is 1. The largest absolute Gasteiger partial charge is 0.451 e. The molecular formula is C18H18ClNO3. The number of nitrogens with two attached hydrogens (primary N) is 1. The molecule has 0 aliphatic rings. The third kappa shape index (κ3) is 4.11. The Morgan fingerprint density at radius 2 is 1.74 bits per heavy atom. The number of nitrogen functional groups attached to an aromatic ring is 1. The van der Waals surface area contributed by atoms with E-state index in [0.29, 0.717) is 10.6 Å². The Morgan fingerprint density at radius 1 is 1.13 bits per heavy atom. The smallest absolute Gasteiger partial charge is 0.338 e. The van der Waals surface area contributed by atoms with Crippen LogP contribution in [0.2, 0.25) is 5.02 Å². The summed E-state index contributed by atoms with van der Waals surface area (Å²) >= 11 is 5.82. The van der Waals surface area contributed by atoms with Crippen molar-refractivity contribution in [1.82, 2.24) is 0 Å². The fourth-order valence-corrected chi connectivity index (χ4v) is 2.21. The minimum absolute atomic E-state index is 0.247. The van der Waals surface area contributed by atoms with Gasteiger partial charge < -0.3 is 10.5 Å². The van der Waals surface area contributed by atoms with Gasteiger partial charge in [-0.15, -0.1) is 0 Å². The average Bonchev–Trinajstić information content (AvgIpc) is 2.56. The molecule has 23 heavy (non-hydrogen) atoms. The number of benzene rings is 2. The summed E-state index contributed by atoms with van der Waals surface area (Å²) in [6, 6.07) is 11.7. The van der Waals surface area contributed by atoms with Crippen molar-refractivity contribution in [3.63, 3.8) is 0 Å². The average molecular weight is 332 g/mol. The summed E-state index contributed by atoms with van der Waals surface area (Å²) in [6.45, 7) is 3.59. The summed E-state index contributed by atoms with van der Waals surface area (Å²) in [4.78, 5) is 24.4. The molecule has 0 aliphatic carbocycles. The molecule has 2 N–H and O–H groups in total. The maximum atomic E-state index is 12.3. The number of hydrogen-bond acceptors (Lipinski definition) is 4. The Kier molecular flexibility index (Phi) is 5.40. The molecule has 0 bridgehead atoms. The number of ether oxygens (including phenoxy) is 1. The van der Waals surface area contributed by atoms with Gasteiger partial charge in [-0.25, -0.2) is 4.79 Å². The zero-order valence-electron chi connectivity index (χ0n) is 13.0. The van der Waals surface area contributed by atoms with Crippen molar-refractivity contribution in [1.29, 1.82) is 0 Å². The molecule has 120 valence electrons. The van der Waals surface area contributed by atoms with Gasteiger partial charge in [-0.1, -0.05) is 42.8 Å². The Labute approximate surface area is 140 Å². The molecule has 0 aliphatic heterocycles. The SMILES string of the molecule is CCc1ccc(C(=O)[C@H](C)OC(=O)c2ccc(Cl)c(N)c2)cc1. The molecule has 5 heteroatoms. The van der Waals surface area contributed by atoms with Crippen LogP contribution in [0.15, 0.2) is 42.5 Å². The van der Waals surface area contributed by atoms with Crippen LogP contribution in [0.25, 0.3) is 0 Å². The second-order valence-corrected chi connectivity index (χ2v) is 5.61. The maximum absolute atomic E-state index is 12.3. The quantitative estimate of drug-likeness (QED) is 0.512. The number of carbonyl (C=O) groups is 2. The van der Waals surface area contributed by atoms with Crippen molar-refractivity contribution >= 4 is 29.0 Å². The zero-order chi connectivity index (χ0) is 17.0. The Morgan fingerprint density at radius 3 is 2.30 bits per heavy atom. The van der Waals surface area contributed by atoms with Crippen LogP contribution in [0.5, 0.6) is 0 Å². The first kappa shape index (κ1) is 17.0. The molecule has 0 aromatic heterocycles. The number of rotatable bonds is 5. The van der Waals surface area contributed by atoms with Gasteiger partial charge in [0.05, 0.1) is 16.3 Å². The van der Waals surface area contributed by atoms with Gasteiger partial charge in [0.25, 0.3) is 0 Å². The van der Waals surface area contributed by atoms with Crippen molar-refractivity contribution in [3.05, 3.63) is 64.2 Å². The summed E-state index contributed by atoms with van der Waals surface area (Å²) in [7, 11) is 0. The molecule has 0 spiro atoms. The predicted molar refractivity (Wildman–Crippen MR) is 90.9 cm³/mol. The summed E-state index contributed by atoms with van der Waals surface area (Å²) in [5.41, 5.74) is 7.86.